The molecule has 0 unspecified atom stereocenters. The van der Waals surface area contributed by atoms with Gasteiger partial charge in [-0.2, -0.15) is 0 Å². The predicted octanol–water partition coefficient (Wildman–Crippen LogP) is 4.06. The normalized spacial score (nSPS) is 20.6. The Morgan fingerprint density at radius 2 is 0.609 bits per heavy atom. The van der Waals surface area contributed by atoms with Crippen LogP contribution in [0, 0.1) is 0 Å². The van der Waals surface area contributed by atoms with Gasteiger partial charge in [-0.25, -0.2) is 28.1 Å². The van der Waals surface area contributed by atoms with E-state index >= 15 is 0 Å². The van der Waals surface area contributed by atoms with Crippen molar-refractivity contribution < 1.29 is 28.8 Å². The molecule has 0 radical (unpaired) electrons. The highest BCUT2D eigenvalue weighted by atomic mass is 16.2. The van der Waals surface area contributed by atoms with Gasteiger partial charge in [-0.1, -0.05) is 19.7 Å². The van der Waals surface area contributed by atoms with Crippen LogP contribution in [0.3, 0.4) is 0 Å². The first-order valence-corrected chi connectivity index (χ1v) is 24.5. The van der Waals surface area contributed by atoms with Crippen LogP contribution in [0.2, 0.25) is 0 Å². The number of nitrogens with one attached hydrogen (secondary N) is 3. The molecule has 18 heteroatoms. The number of carbonyl (C=O) groups is 6. The molecule has 3 N–H and O–H groups in total. The Balaban J connectivity index is 1.49. The van der Waals surface area contributed by atoms with Gasteiger partial charge in [-0.15, -0.1) is 0 Å². The van der Waals surface area contributed by atoms with E-state index in [4.69, 9.17) is 0 Å². The van der Waals surface area contributed by atoms with Gasteiger partial charge in [0.1, 0.15) is 0 Å². The van der Waals surface area contributed by atoms with E-state index in [1.165, 1.54) is 18.2 Å². The fraction of sp³-hybridized carbons (Fsp3) is 0.706. The summed E-state index contributed by atoms with van der Waals surface area (Å²) in [5.41, 5.74) is -6.03. The molecule has 1 aromatic heterocycles. The molecule has 3 fully saturated rings. The third kappa shape index (κ3) is 13.0. The van der Waals surface area contributed by atoms with Gasteiger partial charge < -0.3 is 30.7 Å². The first kappa shape index (κ1) is 56.0. The maximum absolute atomic E-state index is 14.0. The molecule has 4 rings (SSSR count). The Labute approximate surface area is 408 Å². The number of rotatable bonds is 18. The zero-order valence-corrected chi connectivity index (χ0v) is 43.5. The Hall–Kier alpha value is -5.55. The van der Waals surface area contributed by atoms with E-state index in [0.717, 1.165) is 13.7 Å². The van der Waals surface area contributed by atoms with E-state index in [1.807, 2.05) is 83.1 Å². The van der Waals surface area contributed by atoms with Crippen LogP contribution in [0.25, 0.3) is 0 Å². The molecule has 0 atom stereocenters. The van der Waals surface area contributed by atoms with Gasteiger partial charge >= 0.3 is 17.1 Å². The monoisotopic (exact) mass is 964 g/mol. The molecule has 0 spiro atoms. The minimum absolute atomic E-state index is 0.0272. The van der Waals surface area contributed by atoms with Gasteiger partial charge in [0, 0.05) is 90.3 Å². The van der Waals surface area contributed by atoms with Gasteiger partial charge in [-0.3, -0.25) is 28.8 Å². The summed E-state index contributed by atoms with van der Waals surface area (Å²) >= 11 is 0. The number of hydrogen-bond donors (Lipinski definition) is 3. The van der Waals surface area contributed by atoms with Crippen LogP contribution < -0.4 is 33.0 Å². The van der Waals surface area contributed by atoms with Crippen molar-refractivity contribution in [1.82, 2.24) is 44.4 Å². The van der Waals surface area contributed by atoms with Crippen LogP contribution >= 0.6 is 0 Å². The van der Waals surface area contributed by atoms with E-state index in [1.54, 1.807) is 14.7 Å². The summed E-state index contributed by atoms with van der Waals surface area (Å²) in [6, 6.07) is -0.730. The average Bonchev–Trinajstić information content (AvgIpc) is 3.18. The number of piperidine rings is 3. The first-order valence-electron chi connectivity index (χ1n) is 24.5. The first-order chi connectivity index (χ1) is 31.7. The molecule has 0 aromatic carbocycles. The molecule has 384 valence electrons. The van der Waals surface area contributed by atoms with E-state index in [-0.39, 0.29) is 112 Å². The van der Waals surface area contributed by atoms with Gasteiger partial charge in [0.15, 0.2) is 0 Å². The van der Waals surface area contributed by atoms with Crippen molar-refractivity contribution in [2.75, 3.05) is 0 Å². The zero-order chi connectivity index (χ0) is 52.2. The van der Waals surface area contributed by atoms with Crippen LogP contribution in [0.4, 0.5) is 0 Å². The van der Waals surface area contributed by atoms with E-state index in [2.05, 4.69) is 35.7 Å². The lowest BCUT2D eigenvalue weighted by atomic mass is 9.76. The van der Waals surface area contributed by atoms with E-state index in [0.29, 0.717) is 38.5 Å². The Kier molecular flexibility index (Phi) is 17.2. The standard InChI is InChI=1S/C51H81N9O9/c1-16-40(64)58-46(4,5)28-34(29-47(58,6)7)52-37(61)22-19-25-55-43(67)56(26-20-23-38(62)53-35-30-48(8,9)59(41(65)17-2)49(10,11)31-35)45(69)57(44(55)68)27-21-24-39(63)54-36-32-50(12,13)60(42(66)18-3)51(14,15)33-36/h16-18,34-36H,1-3,19-33H2,4-15H3,(H,52,61)(H,53,62)(H,54,63). The quantitative estimate of drug-likeness (QED) is 0.181. The third-order valence-corrected chi connectivity index (χ3v) is 14.1. The second-order valence-corrected chi connectivity index (χ2v) is 23.1. The predicted molar refractivity (Wildman–Crippen MR) is 266 cm³/mol. The molecule has 3 aliphatic heterocycles. The van der Waals surface area contributed by atoms with Crippen molar-refractivity contribution >= 4 is 35.4 Å². The third-order valence-electron chi connectivity index (χ3n) is 14.1. The van der Waals surface area contributed by atoms with Crippen LogP contribution in [0.15, 0.2) is 52.3 Å². The van der Waals surface area contributed by atoms with Crippen molar-refractivity contribution in [2.24, 2.45) is 0 Å². The topological polar surface area (TPSA) is 214 Å². The fourth-order valence-corrected chi connectivity index (χ4v) is 12.6. The summed E-state index contributed by atoms with van der Waals surface area (Å²) in [4.78, 5) is 126. The van der Waals surface area contributed by atoms with Gasteiger partial charge in [-0.05, 0) is 159 Å². The number of likely N-dealkylation sites (tertiary alicyclic amines) is 3. The molecule has 3 aliphatic rings. The van der Waals surface area contributed by atoms with Crippen LogP contribution in [-0.4, -0.2) is 115 Å². The molecule has 4 heterocycles. The van der Waals surface area contributed by atoms with Gasteiger partial charge in [0.25, 0.3) is 0 Å². The number of carbonyl (C=O) groups excluding carboxylic acids is 6. The van der Waals surface area contributed by atoms with Crippen molar-refractivity contribution in [2.45, 2.75) is 231 Å². The molecule has 18 nitrogen and oxygen atoms in total. The lowest BCUT2D eigenvalue weighted by Crippen LogP contribution is -2.65. The van der Waals surface area contributed by atoms with Crippen LogP contribution in [0.5, 0.6) is 0 Å². The average molecular weight is 964 g/mol. The van der Waals surface area contributed by atoms with E-state index < -0.39 is 50.3 Å². The summed E-state index contributed by atoms with van der Waals surface area (Å²) in [7, 11) is 0. The maximum Gasteiger partial charge on any atom is 0.336 e. The fourth-order valence-electron chi connectivity index (χ4n) is 12.6. The second kappa shape index (κ2) is 21.2. The van der Waals surface area contributed by atoms with Crippen molar-refractivity contribution in [3.63, 3.8) is 0 Å². The molecular weight excluding hydrogens is 883 g/mol. The molecule has 0 aliphatic carbocycles. The number of nitrogens with zero attached hydrogens (tertiary/aromatic N) is 6. The summed E-state index contributed by atoms with van der Waals surface area (Å²) in [6.07, 6.45) is 7.11. The largest absolute Gasteiger partial charge is 0.353 e. The molecule has 3 saturated heterocycles. The zero-order valence-electron chi connectivity index (χ0n) is 43.5. The Morgan fingerprint density at radius 3 is 0.783 bits per heavy atom. The summed E-state index contributed by atoms with van der Waals surface area (Å²) in [6.45, 7) is 33.8. The maximum atomic E-state index is 14.0. The van der Waals surface area contributed by atoms with Crippen LogP contribution in [-0.2, 0) is 48.4 Å². The second-order valence-electron chi connectivity index (χ2n) is 23.1. The number of hydrogen-bond acceptors (Lipinski definition) is 9. The van der Waals surface area contributed by atoms with Crippen molar-refractivity contribution in [3.05, 3.63) is 69.4 Å². The minimum atomic E-state index is -0.864. The smallest absolute Gasteiger partial charge is 0.336 e. The SMILES string of the molecule is C=CC(=O)N1C(C)(C)CC(NC(=O)CCCn2c(=O)n(CCCC(=O)NC3CC(C)(C)N(C(=O)C=C)C(C)(C)C3)c(=O)n(CCCC(=O)NC3CC(C)(C)N(C(=O)C=C)C(C)(C)C3)c2=O)CC1(C)C. The summed E-state index contributed by atoms with van der Waals surface area (Å²) in [5.74, 6) is -1.43. The lowest BCUT2D eigenvalue weighted by Gasteiger charge is -2.55. The molecule has 69 heavy (non-hydrogen) atoms. The summed E-state index contributed by atoms with van der Waals surface area (Å²) in [5, 5.41) is 9.24. The molecule has 0 saturated carbocycles. The highest BCUT2D eigenvalue weighted by molar-refractivity contribution is 5.89. The van der Waals surface area contributed by atoms with Crippen LogP contribution in [0.1, 0.15) is 160 Å². The highest BCUT2D eigenvalue weighted by Crippen LogP contribution is 2.41. The molecular formula is C51H81N9O9. The Morgan fingerprint density at radius 1 is 0.420 bits per heavy atom. The van der Waals surface area contributed by atoms with Gasteiger partial charge in [0.2, 0.25) is 35.4 Å². The number of aromatic nitrogens is 3. The Bertz CT molecular complexity index is 2020. The van der Waals surface area contributed by atoms with Gasteiger partial charge in [0.05, 0.1) is 0 Å². The molecule has 6 amide bonds. The molecule has 0 bridgehead atoms. The van der Waals surface area contributed by atoms with Crippen molar-refractivity contribution in [3.8, 4) is 0 Å². The lowest BCUT2D eigenvalue weighted by molar-refractivity contribution is -0.146. The van der Waals surface area contributed by atoms with Crippen molar-refractivity contribution in [1.29, 1.82) is 0 Å². The minimum Gasteiger partial charge on any atom is -0.353 e. The molecule has 1 aromatic rings. The van der Waals surface area contributed by atoms with E-state index in [9.17, 15) is 43.2 Å². The highest BCUT2D eigenvalue weighted by Gasteiger charge is 2.50. The number of amides is 6. The summed E-state index contributed by atoms with van der Waals surface area (Å²) < 4.78 is 2.81.